The minimum atomic E-state index is -0.699. The molecule has 0 radical (unpaired) electrons. The number of aromatic nitrogens is 1. The predicted molar refractivity (Wildman–Crippen MR) is 104 cm³/mol. The van der Waals surface area contributed by atoms with Crippen molar-refractivity contribution in [3.05, 3.63) is 38.8 Å². The summed E-state index contributed by atoms with van der Waals surface area (Å²) in [6.45, 7) is 4.06. The third-order valence-corrected chi connectivity index (χ3v) is 8.31. The number of ether oxygens (including phenoxy) is 1. The number of ketones is 2. The van der Waals surface area contributed by atoms with Crippen LogP contribution in [0.4, 0.5) is 0 Å². The number of aryl methyl sites for hydroxylation is 1. The Labute approximate surface area is 167 Å². The molecule has 5 rings (SSSR count). The van der Waals surface area contributed by atoms with Crippen molar-refractivity contribution in [3.8, 4) is 0 Å². The highest BCUT2D eigenvalue weighted by Crippen LogP contribution is 2.58. The number of rotatable bonds is 3. The molecule has 4 nitrogen and oxygen atoms in total. The molecule has 27 heavy (non-hydrogen) atoms. The molecular formula is C21H22ClNO3S. The van der Waals surface area contributed by atoms with Gasteiger partial charge in [-0.05, 0) is 38.7 Å². The highest BCUT2D eigenvalue weighted by Gasteiger charge is 2.68. The lowest BCUT2D eigenvalue weighted by molar-refractivity contribution is -0.129. The van der Waals surface area contributed by atoms with E-state index in [2.05, 4.69) is 13.0 Å². The fourth-order valence-corrected chi connectivity index (χ4v) is 6.67. The third-order valence-electron chi connectivity index (χ3n) is 6.68. The summed E-state index contributed by atoms with van der Waals surface area (Å²) in [5.74, 6) is -1.03. The van der Waals surface area contributed by atoms with Gasteiger partial charge in [0.2, 0.25) is 0 Å². The molecular weight excluding hydrogens is 382 g/mol. The third kappa shape index (κ3) is 2.48. The molecule has 142 valence electrons. The van der Waals surface area contributed by atoms with Crippen LogP contribution in [0.5, 0.6) is 0 Å². The Bertz CT molecular complexity index is 903. The second-order valence-electron chi connectivity index (χ2n) is 8.25. The van der Waals surface area contributed by atoms with Gasteiger partial charge in [0.15, 0.2) is 11.6 Å². The SMILES string of the molecule is CCc1sc(C2C=CC(Cl)=CC2)nc1C1C(=O)[C@H]2[C@@H]3CC[C@@](C)(O3)[C@H]2C1=O. The fraction of sp³-hybridized carbons (Fsp3) is 0.571. The number of fused-ring (bicyclic) bond motifs is 5. The molecule has 3 fully saturated rings. The van der Waals surface area contributed by atoms with E-state index in [-0.39, 0.29) is 35.4 Å². The molecule has 0 aromatic carbocycles. The summed E-state index contributed by atoms with van der Waals surface area (Å²) in [7, 11) is 0. The Morgan fingerprint density at radius 2 is 2.19 bits per heavy atom. The topological polar surface area (TPSA) is 56.3 Å². The zero-order valence-corrected chi connectivity index (χ0v) is 17.0. The molecule has 2 aliphatic heterocycles. The summed E-state index contributed by atoms with van der Waals surface area (Å²) >= 11 is 7.66. The van der Waals surface area contributed by atoms with E-state index in [1.54, 1.807) is 11.3 Å². The Morgan fingerprint density at radius 3 is 2.85 bits per heavy atom. The van der Waals surface area contributed by atoms with Crippen molar-refractivity contribution < 1.29 is 14.3 Å². The first-order valence-corrected chi connectivity index (χ1v) is 10.9. The number of carbonyl (C=O) groups is 2. The van der Waals surface area contributed by atoms with Crippen LogP contribution in [0.1, 0.15) is 60.5 Å². The summed E-state index contributed by atoms with van der Waals surface area (Å²) in [6.07, 6.45) is 9.20. The Hall–Kier alpha value is -1.30. The van der Waals surface area contributed by atoms with E-state index >= 15 is 0 Å². The largest absolute Gasteiger partial charge is 0.370 e. The molecule has 1 saturated carbocycles. The zero-order chi connectivity index (χ0) is 18.9. The molecule has 3 heterocycles. The van der Waals surface area contributed by atoms with Gasteiger partial charge in [0, 0.05) is 15.8 Å². The van der Waals surface area contributed by atoms with Gasteiger partial charge in [0.05, 0.1) is 29.2 Å². The van der Waals surface area contributed by atoms with E-state index in [4.69, 9.17) is 21.3 Å². The van der Waals surface area contributed by atoms with Crippen LogP contribution in [0.2, 0.25) is 0 Å². The molecule has 1 aromatic rings. The highest BCUT2D eigenvalue weighted by atomic mass is 35.5. The standard InChI is InChI=1S/C21H22ClNO3S/c1-3-13-17(23-20(27-13)10-4-6-11(22)7-5-10)15-18(24)14-12-8-9-21(2,26-12)16(14)19(15)25/h4,6-7,10,12,14-16H,3,5,8-9H2,1-2H3/t10?,12-,14-,15?,16+,21+/m0/s1. The highest BCUT2D eigenvalue weighted by molar-refractivity contribution is 7.11. The molecule has 4 aliphatic rings. The summed E-state index contributed by atoms with van der Waals surface area (Å²) in [5, 5.41) is 1.72. The van der Waals surface area contributed by atoms with Crippen molar-refractivity contribution >= 4 is 34.5 Å². The van der Waals surface area contributed by atoms with Gasteiger partial charge in [-0.3, -0.25) is 9.59 Å². The van der Waals surface area contributed by atoms with Gasteiger partial charge in [0.25, 0.3) is 0 Å². The lowest BCUT2D eigenvalue weighted by Crippen LogP contribution is -2.37. The monoisotopic (exact) mass is 403 g/mol. The van der Waals surface area contributed by atoms with Crippen molar-refractivity contribution in [2.75, 3.05) is 0 Å². The Kier molecular flexibility index (Phi) is 4.01. The number of hydrogen-bond acceptors (Lipinski definition) is 5. The average Bonchev–Trinajstić information content (AvgIpc) is 3.36. The summed E-state index contributed by atoms with van der Waals surface area (Å²) < 4.78 is 6.03. The first-order valence-electron chi connectivity index (χ1n) is 9.71. The molecule has 1 aromatic heterocycles. The van der Waals surface area contributed by atoms with Crippen LogP contribution >= 0.6 is 22.9 Å². The first kappa shape index (κ1) is 17.8. The molecule has 0 spiro atoms. The van der Waals surface area contributed by atoms with E-state index in [1.165, 1.54) is 0 Å². The van der Waals surface area contributed by atoms with Gasteiger partial charge in [-0.15, -0.1) is 11.3 Å². The van der Waals surface area contributed by atoms with E-state index < -0.39 is 11.5 Å². The van der Waals surface area contributed by atoms with Gasteiger partial charge in [-0.1, -0.05) is 30.7 Å². The van der Waals surface area contributed by atoms with Gasteiger partial charge in [-0.2, -0.15) is 0 Å². The number of thiazole rings is 1. The van der Waals surface area contributed by atoms with Crippen molar-refractivity contribution in [1.82, 2.24) is 4.98 Å². The van der Waals surface area contributed by atoms with Gasteiger partial charge in [0.1, 0.15) is 10.9 Å². The quantitative estimate of drug-likeness (QED) is 0.706. The lowest BCUT2D eigenvalue weighted by Gasteiger charge is -2.26. The fourth-order valence-electron chi connectivity index (χ4n) is 5.37. The number of nitrogens with zero attached hydrogens (tertiary/aromatic N) is 1. The number of carbonyl (C=O) groups excluding carboxylic acids is 2. The second kappa shape index (κ2) is 6.10. The molecule has 2 saturated heterocycles. The zero-order valence-electron chi connectivity index (χ0n) is 15.4. The number of hydrogen-bond donors (Lipinski definition) is 0. The van der Waals surface area contributed by atoms with Gasteiger partial charge in [-0.25, -0.2) is 4.98 Å². The number of halogens is 1. The van der Waals surface area contributed by atoms with Crippen LogP contribution in [0.15, 0.2) is 23.3 Å². The van der Waals surface area contributed by atoms with E-state index in [0.29, 0.717) is 5.69 Å². The maximum absolute atomic E-state index is 13.3. The average molecular weight is 404 g/mol. The van der Waals surface area contributed by atoms with Gasteiger partial charge >= 0.3 is 0 Å². The van der Waals surface area contributed by atoms with Crippen LogP contribution in [-0.4, -0.2) is 28.3 Å². The van der Waals surface area contributed by atoms with Gasteiger partial charge < -0.3 is 4.74 Å². The van der Waals surface area contributed by atoms with Crippen LogP contribution in [0.25, 0.3) is 0 Å². The van der Waals surface area contributed by atoms with Crippen molar-refractivity contribution in [2.45, 2.75) is 63.1 Å². The minimum absolute atomic E-state index is 0.0309. The van der Waals surface area contributed by atoms with Crippen LogP contribution in [-0.2, 0) is 20.7 Å². The maximum atomic E-state index is 13.3. The Morgan fingerprint density at radius 1 is 1.37 bits per heavy atom. The maximum Gasteiger partial charge on any atom is 0.156 e. The molecule has 2 bridgehead atoms. The Balaban J connectivity index is 1.51. The van der Waals surface area contributed by atoms with Crippen LogP contribution < -0.4 is 0 Å². The minimum Gasteiger partial charge on any atom is -0.370 e. The molecule has 6 heteroatoms. The molecule has 2 aliphatic carbocycles. The predicted octanol–water partition coefficient (Wildman–Crippen LogP) is 4.29. The molecule has 0 amide bonds. The molecule has 2 unspecified atom stereocenters. The van der Waals surface area contributed by atoms with E-state index in [9.17, 15) is 9.59 Å². The molecule has 6 atom stereocenters. The second-order valence-corrected chi connectivity index (χ2v) is 9.80. The van der Waals surface area contributed by atoms with Crippen LogP contribution in [0.3, 0.4) is 0 Å². The number of allylic oxidation sites excluding steroid dienone is 4. The lowest BCUT2D eigenvalue weighted by atomic mass is 9.74. The summed E-state index contributed by atoms with van der Waals surface area (Å²) in [6, 6.07) is 0. The van der Waals surface area contributed by atoms with Crippen molar-refractivity contribution in [1.29, 1.82) is 0 Å². The normalized spacial score (nSPS) is 40.0. The number of Topliss-reactive ketones (excluding diaryl/α,β-unsaturated/α-hetero) is 2. The van der Waals surface area contributed by atoms with Crippen molar-refractivity contribution in [2.24, 2.45) is 11.8 Å². The summed E-state index contributed by atoms with van der Waals surface area (Å²) in [4.78, 5) is 32.5. The summed E-state index contributed by atoms with van der Waals surface area (Å²) in [5.41, 5.74) is 0.245. The first-order chi connectivity index (χ1) is 12.9. The smallest absolute Gasteiger partial charge is 0.156 e. The van der Waals surface area contributed by atoms with Crippen molar-refractivity contribution in [3.63, 3.8) is 0 Å². The molecule has 0 N–H and O–H groups in total. The van der Waals surface area contributed by atoms with Crippen LogP contribution in [0, 0.1) is 11.8 Å². The van der Waals surface area contributed by atoms with E-state index in [1.807, 2.05) is 19.1 Å². The van der Waals surface area contributed by atoms with E-state index in [0.717, 1.165) is 40.6 Å².